The summed E-state index contributed by atoms with van der Waals surface area (Å²) >= 11 is 1.22. The van der Waals surface area contributed by atoms with Crippen LogP contribution in [0.5, 0.6) is 0 Å². The van der Waals surface area contributed by atoms with E-state index in [0.29, 0.717) is 15.6 Å². The number of nitrogens with zero attached hydrogens (tertiary/aromatic N) is 1. The minimum atomic E-state index is -0.655. The fourth-order valence-corrected chi connectivity index (χ4v) is 2.01. The van der Waals surface area contributed by atoms with E-state index in [-0.39, 0.29) is 5.82 Å². The fourth-order valence-electron chi connectivity index (χ4n) is 1.27. The number of aromatic nitrogens is 2. The van der Waals surface area contributed by atoms with Crippen molar-refractivity contribution in [1.82, 2.24) is 9.97 Å². The topological polar surface area (TPSA) is 48.9 Å². The number of halogens is 1. The molecule has 1 aromatic heterocycles. The third kappa shape index (κ3) is 2.43. The van der Waals surface area contributed by atoms with Crippen LogP contribution in [0.4, 0.5) is 4.39 Å². The van der Waals surface area contributed by atoms with E-state index < -0.39 is 6.10 Å². The Labute approximate surface area is 96.7 Å². The molecule has 84 valence electrons. The maximum atomic E-state index is 13.6. The zero-order valence-corrected chi connectivity index (χ0v) is 9.46. The molecule has 2 N–H and O–H groups in total. The number of rotatable bonds is 3. The van der Waals surface area contributed by atoms with Crippen molar-refractivity contribution in [3.05, 3.63) is 42.0 Å². The molecular formula is C11H11FN2OS. The highest BCUT2D eigenvalue weighted by atomic mass is 32.2. The van der Waals surface area contributed by atoms with E-state index in [2.05, 4.69) is 9.97 Å². The van der Waals surface area contributed by atoms with E-state index in [9.17, 15) is 9.50 Å². The lowest BCUT2D eigenvalue weighted by atomic mass is 10.1. The standard InChI is InChI=1S/C11H11FN2OS/c1-7(15)8-2-3-10(9(12)6-8)16-11-13-4-5-14-11/h2-7,15H,1H3,(H,13,14)/t7-/m0/s1. The molecule has 5 heteroatoms. The minimum Gasteiger partial charge on any atom is -0.389 e. The van der Waals surface area contributed by atoms with Gasteiger partial charge in [-0.15, -0.1) is 0 Å². The number of nitrogens with one attached hydrogen (secondary N) is 1. The monoisotopic (exact) mass is 238 g/mol. The first kappa shape index (κ1) is 11.2. The lowest BCUT2D eigenvalue weighted by Crippen LogP contribution is -1.93. The number of aliphatic hydroxyl groups excluding tert-OH is 1. The number of imidazole rings is 1. The molecule has 0 fully saturated rings. The second kappa shape index (κ2) is 4.67. The predicted molar refractivity (Wildman–Crippen MR) is 59.7 cm³/mol. The molecule has 0 saturated heterocycles. The first-order chi connectivity index (χ1) is 7.66. The Morgan fingerprint density at radius 1 is 1.50 bits per heavy atom. The Kier molecular flexibility index (Phi) is 3.26. The highest BCUT2D eigenvalue weighted by molar-refractivity contribution is 7.99. The summed E-state index contributed by atoms with van der Waals surface area (Å²) < 4.78 is 13.6. The van der Waals surface area contributed by atoms with Crippen LogP contribution in [-0.2, 0) is 0 Å². The molecule has 0 amide bonds. The summed E-state index contributed by atoms with van der Waals surface area (Å²) in [6.07, 6.45) is 2.65. The van der Waals surface area contributed by atoms with Gasteiger partial charge in [0.05, 0.1) is 11.0 Å². The second-order valence-electron chi connectivity index (χ2n) is 3.36. The van der Waals surface area contributed by atoms with Gasteiger partial charge in [0.25, 0.3) is 0 Å². The molecule has 0 aliphatic rings. The van der Waals surface area contributed by atoms with Crippen LogP contribution in [0.15, 0.2) is 40.6 Å². The Balaban J connectivity index is 2.23. The molecule has 1 atom stereocenters. The summed E-state index contributed by atoms with van der Waals surface area (Å²) in [5, 5.41) is 9.95. The van der Waals surface area contributed by atoms with Gasteiger partial charge in [0.2, 0.25) is 0 Å². The highest BCUT2D eigenvalue weighted by Gasteiger charge is 2.09. The average Bonchev–Trinajstić information content (AvgIpc) is 2.73. The van der Waals surface area contributed by atoms with Crippen molar-refractivity contribution >= 4 is 11.8 Å². The Morgan fingerprint density at radius 3 is 2.88 bits per heavy atom. The molecule has 0 aliphatic carbocycles. The molecule has 2 rings (SSSR count). The molecule has 1 aromatic carbocycles. The van der Waals surface area contributed by atoms with Crippen LogP contribution in [0.25, 0.3) is 0 Å². The van der Waals surface area contributed by atoms with Gasteiger partial charge in [-0.3, -0.25) is 0 Å². The summed E-state index contributed by atoms with van der Waals surface area (Å²) in [7, 11) is 0. The van der Waals surface area contributed by atoms with Gasteiger partial charge >= 0.3 is 0 Å². The zero-order chi connectivity index (χ0) is 11.5. The van der Waals surface area contributed by atoms with Crippen molar-refractivity contribution in [2.45, 2.75) is 23.1 Å². The molecule has 0 unspecified atom stereocenters. The van der Waals surface area contributed by atoms with Gasteiger partial charge in [-0.1, -0.05) is 6.07 Å². The zero-order valence-electron chi connectivity index (χ0n) is 8.64. The lowest BCUT2D eigenvalue weighted by molar-refractivity contribution is 0.198. The number of aromatic amines is 1. The van der Waals surface area contributed by atoms with E-state index >= 15 is 0 Å². The smallest absolute Gasteiger partial charge is 0.170 e. The average molecular weight is 238 g/mol. The van der Waals surface area contributed by atoms with Crippen LogP contribution in [0.2, 0.25) is 0 Å². The molecule has 0 bridgehead atoms. The lowest BCUT2D eigenvalue weighted by Gasteiger charge is -2.06. The van der Waals surface area contributed by atoms with E-state index in [4.69, 9.17) is 0 Å². The molecule has 3 nitrogen and oxygen atoms in total. The van der Waals surface area contributed by atoms with Gasteiger partial charge in [-0.2, -0.15) is 0 Å². The van der Waals surface area contributed by atoms with E-state index in [0.717, 1.165) is 0 Å². The summed E-state index contributed by atoms with van der Waals surface area (Å²) in [5.74, 6) is -0.347. The maximum Gasteiger partial charge on any atom is 0.170 e. The summed E-state index contributed by atoms with van der Waals surface area (Å²) in [6.45, 7) is 1.61. The Morgan fingerprint density at radius 2 is 2.31 bits per heavy atom. The number of benzene rings is 1. The van der Waals surface area contributed by atoms with Crippen molar-refractivity contribution in [1.29, 1.82) is 0 Å². The third-order valence-corrected chi connectivity index (χ3v) is 3.09. The molecule has 0 aliphatic heterocycles. The molecule has 0 saturated carbocycles. The van der Waals surface area contributed by atoms with Gasteiger partial charge in [-0.05, 0) is 36.4 Å². The summed E-state index contributed by atoms with van der Waals surface area (Å²) in [6, 6.07) is 4.69. The Bertz CT molecular complexity index is 471. The highest BCUT2D eigenvalue weighted by Crippen LogP contribution is 2.28. The van der Waals surface area contributed by atoms with Gasteiger partial charge in [-0.25, -0.2) is 9.37 Å². The maximum absolute atomic E-state index is 13.6. The molecule has 0 spiro atoms. The van der Waals surface area contributed by atoms with Crippen molar-refractivity contribution in [3.63, 3.8) is 0 Å². The van der Waals surface area contributed by atoms with Crippen LogP contribution in [0.1, 0.15) is 18.6 Å². The fraction of sp³-hybridized carbons (Fsp3) is 0.182. The number of hydrogen-bond acceptors (Lipinski definition) is 3. The summed E-state index contributed by atoms with van der Waals surface area (Å²) in [4.78, 5) is 7.37. The molecule has 0 radical (unpaired) electrons. The van der Waals surface area contributed by atoms with Gasteiger partial charge in [0, 0.05) is 12.4 Å². The van der Waals surface area contributed by atoms with Gasteiger partial charge < -0.3 is 10.1 Å². The molecular weight excluding hydrogens is 227 g/mol. The molecule has 16 heavy (non-hydrogen) atoms. The van der Waals surface area contributed by atoms with E-state index in [1.807, 2.05) is 0 Å². The van der Waals surface area contributed by atoms with E-state index in [1.165, 1.54) is 17.8 Å². The number of H-pyrrole nitrogens is 1. The van der Waals surface area contributed by atoms with Crippen LogP contribution < -0.4 is 0 Å². The first-order valence-corrected chi connectivity index (χ1v) is 5.63. The molecule has 2 aromatic rings. The van der Waals surface area contributed by atoms with Crippen molar-refractivity contribution in [3.8, 4) is 0 Å². The normalized spacial score (nSPS) is 12.7. The van der Waals surface area contributed by atoms with Crippen molar-refractivity contribution < 1.29 is 9.50 Å². The van der Waals surface area contributed by atoms with Crippen LogP contribution in [0.3, 0.4) is 0 Å². The van der Waals surface area contributed by atoms with Gasteiger partial charge in [0.15, 0.2) is 5.16 Å². The van der Waals surface area contributed by atoms with Crippen LogP contribution in [0, 0.1) is 5.82 Å². The van der Waals surface area contributed by atoms with Crippen molar-refractivity contribution in [2.75, 3.05) is 0 Å². The van der Waals surface area contributed by atoms with Crippen LogP contribution in [-0.4, -0.2) is 15.1 Å². The minimum absolute atomic E-state index is 0.347. The quantitative estimate of drug-likeness (QED) is 0.864. The number of aliphatic hydroxyl groups is 1. The Hall–Kier alpha value is -1.33. The second-order valence-corrected chi connectivity index (χ2v) is 4.39. The molecule has 1 heterocycles. The third-order valence-electron chi connectivity index (χ3n) is 2.12. The summed E-state index contributed by atoms with van der Waals surface area (Å²) in [5.41, 5.74) is 0.571. The largest absolute Gasteiger partial charge is 0.389 e. The first-order valence-electron chi connectivity index (χ1n) is 4.81. The number of hydrogen-bond donors (Lipinski definition) is 2. The van der Waals surface area contributed by atoms with E-state index in [1.54, 1.807) is 31.5 Å². The predicted octanol–water partition coefficient (Wildman–Crippen LogP) is 2.75. The van der Waals surface area contributed by atoms with Crippen LogP contribution >= 0.6 is 11.8 Å². The van der Waals surface area contributed by atoms with Crippen molar-refractivity contribution in [2.24, 2.45) is 0 Å². The SMILES string of the molecule is C[C@H](O)c1ccc(Sc2ncc[nH]2)c(F)c1. The van der Waals surface area contributed by atoms with Gasteiger partial charge in [0.1, 0.15) is 5.82 Å².